The zero-order valence-electron chi connectivity index (χ0n) is 20.6. The number of rotatable bonds is 9. The summed E-state index contributed by atoms with van der Waals surface area (Å²) in [6, 6.07) is 33.0. The van der Waals surface area contributed by atoms with E-state index in [-0.39, 0.29) is 5.82 Å². The molecule has 0 radical (unpaired) electrons. The maximum Gasteiger partial charge on any atom is 0.131 e. The minimum Gasteiger partial charge on any atom is -0.206 e. The van der Waals surface area contributed by atoms with Gasteiger partial charge in [0, 0.05) is 5.56 Å². The van der Waals surface area contributed by atoms with Crippen LogP contribution in [0.3, 0.4) is 0 Å². The maximum atomic E-state index is 14.9. The lowest BCUT2D eigenvalue weighted by atomic mass is 9.93. The van der Waals surface area contributed by atoms with E-state index in [1.165, 1.54) is 16.7 Å². The number of benzene rings is 4. The standard InChI is InChI=1S/C34H33F/c1-3-4-6-9-27-12-14-28(15-13-27)16-21-32-22-23-33(25-34(32)35)31-19-17-29(18-20-31)24-26(2)30-10-7-5-8-11-30/h3-5,7-8,10-23,25-26H,6,9,24H2,1-2H3/b4-3+,21-16?/t26-/m0/s1. The van der Waals surface area contributed by atoms with Crippen LogP contribution in [0.1, 0.15) is 54.0 Å². The molecule has 0 aliphatic rings. The van der Waals surface area contributed by atoms with E-state index >= 15 is 0 Å². The van der Waals surface area contributed by atoms with Gasteiger partial charge in [-0.05, 0) is 71.6 Å². The van der Waals surface area contributed by atoms with Crippen LogP contribution in [0.5, 0.6) is 0 Å². The lowest BCUT2D eigenvalue weighted by molar-refractivity contribution is 0.625. The minimum atomic E-state index is -0.205. The van der Waals surface area contributed by atoms with Crippen LogP contribution < -0.4 is 0 Å². The predicted molar refractivity (Wildman–Crippen MR) is 149 cm³/mol. The summed E-state index contributed by atoms with van der Waals surface area (Å²) in [5, 5.41) is 0. The van der Waals surface area contributed by atoms with E-state index in [0.717, 1.165) is 36.0 Å². The largest absolute Gasteiger partial charge is 0.206 e. The van der Waals surface area contributed by atoms with Crippen molar-refractivity contribution < 1.29 is 4.39 Å². The van der Waals surface area contributed by atoms with Crippen molar-refractivity contribution in [3.8, 4) is 11.1 Å². The lowest BCUT2D eigenvalue weighted by Crippen LogP contribution is -1.98. The fourth-order valence-electron chi connectivity index (χ4n) is 4.33. The SMILES string of the molecule is C/C=C/CCc1ccc(C=Cc2ccc(-c3ccc(C[C@H](C)c4ccccc4)cc3)cc2F)cc1. The highest BCUT2D eigenvalue weighted by molar-refractivity contribution is 5.72. The highest BCUT2D eigenvalue weighted by atomic mass is 19.1. The Morgan fingerprint density at radius 3 is 2.11 bits per heavy atom. The summed E-state index contributed by atoms with van der Waals surface area (Å²) in [6.07, 6.45) is 11.2. The van der Waals surface area contributed by atoms with Crippen LogP contribution in [0.25, 0.3) is 23.3 Å². The Labute approximate surface area is 209 Å². The topological polar surface area (TPSA) is 0 Å². The quantitative estimate of drug-likeness (QED) is 0.172. The van der Waals surface area contributed by atoms with Crippen LogP contribution in [0.15, 0.2) is 109 Å². The normalized spacial score (nSPS) is 12.4. The van der Waals surface area contributed by atoms with Gasteiger partial charge in [-0.3, -0.25) is 0 Å². The second-order valence-corrected chi connectivity index (χ2v) is 9.13. The first-order valence-electron chi connectivity index (χ1n) is 12.4. The molecule has 0 spiro atoms. The third-order valence-corrected chi connectivity index (χ3v) is 6.47. The molecule has 0 heterocycles. The predicted octanol–water partition coefficient (Wildman–Crippen LogP) is 9.52. The molecule has 0 aliphatic carbocycles. The molecule has 0 bridgehead atoms. The van der Waals surface area contributed by atoms with Gasteiger partial charge in [0.25, 0.3) is 0 Å². The molecule has 1 heteroatoms. The van der Waals surface area contributed by atoms with Gasteiger partial charge in [-0.15, -0.1) is 0 Å². The van der Waals surface area contributed by atoms with Crippen molar-refractivity contribution in [2.24, 2.45) is 0 Å². The summed E-state index contributed by atoms with van der Waals surface area (Å²) in [4.78, 5) is 0. The zero-order chi connectivity index (χ0) is 24.5. The minimum absolute atomic E-state index is 0.205. The molecular weight excluding hydrogens is 427 g/mol. The van der Waals surface area contributed by atoms with E-state index in [4.69, 9.17) is 0 Å². The smallest absolute Gasteiger partial charge is 0.131 e. The van der Waals surface area contributed by atoms with E-state index in [1.807, 2.05) is 31.2 Å². The average molecular weight is 461 g/mol. The van der Waals surface area contributed by atoms with E-state index in [0.29, 0.717) is 11.5 Å². The number of hydrogen-bond acceptors (Lipinski definition) is 0. The molecule has 4 aromatic carbocycles. The van der Waals surface area contributed by atoms with Gasteiger partial charge in [0.1, 0.15) is 5.82 Å². The molecule has 0 nitrogen and oxygen atoms in total. The van der Waals surface area contributed by atoms with E-state index < -0.39 is 0 Å². The molecule has 0 fully saturated rings. The van der Waals surface area contributed by atoms with Crippen molar-refractivity contribution in [3.05, 3.63) is 143 Å². The number of halogens is 1. The van der Waals surface area contributed by atoms with Crippen LogP contribution in [0, 0.1) is 5.82 Å². The van der Waals surface area contributed by atoms with Crippen LogP contribution in [0.4, 0.5) is 4.39 Å². The Bertz CT molecular complexity index is 1260. The van der Waals surface area contributed by atoms with Gasteiger partial charge in [0.15, 0.2) is 0 Å². The Hall–Kier alpha value is -3.71. The first kappa shape index (κ1) is 24.4. The van der Waals surface area contributed by atoms with Crippen molar-refractivity contribution in [2.45, 2.75) is 39.0 Å². The van der Waals surface area contributed by atoms with Gasteiger partial charge in [-0.1, -0.05) is 122 Å². The molecule has 1 atom stereocenters. The third kappa shape index (κ3) is 6.90. The van der Waals surface area contributed by atoms with Crippen molar-refractivity contribution >= 4 is 12.2 Å². The first-order chi connectivity index (χ1) is 17.1. The molecule has 0 amide bonds. The van der Waals surface area contributed by atoms with Crippen LogP contribution in [-0.4, -0.2) is 0 Å². The van der Waals surface area contributed by atoms with Crippen LogP contribution >= 0.6 is 0 Å². The van der Waals surface area contributed by atoms with Gasteiger partial charge in [0.05, 0.1) is 0 Å². The molecule has 0 aliphatic heterocycles. The molecule has 176 valence electrons. The Morgan fingerprint density at radius 2 is 1.43 bits per heavy atom. The lowest BCUT2D eigenvalue weighted by Gasteiger charge is -2.12. The fourth-order valence-corrected chi connectivity index (χ4v) is 4.33. The Kier molecular flexibility index (Phi) is 8.46. The van der Waals surface area contributed by atoms with Crippen LogP contribution in [0.2, 0.25) is 0 Å². The van der Waals surface area contributed by atoms with E-state index in [1.54, 1.807) is 6.07 Å². The Morgan fingerprint density at radius 1 is 0.743 bits per heavy atom. The molecule has 0 saturated carbocycles. The number of allylic oxidation sites excluding steroid dienone is 2. The third-order valence-electron chi connectivity index (χ3n) is 6.47. The summed E-state index contributed by atoms with van der Waals surface area (Å²) in [6.45, 7) is 4.30. The molecule has 0 aromatic heterocycles. The summed E-state index contributed by atoms with van der Waals surface area (Å²) in [5.41, 5.74) is 7.55. The van der Waals surface area contributed by atoms with Gasteiger partial charge in [0.2, 0.25) is 0 Å². The second kappa shape index (κ2) is 12.1. The van der Waals surface area contributed by atoms with Crippen molar-refractivity contribution in [3.63, 3.8) is 0 Å². The van der Waals surface area contributed by atoms with Gasteiger partial charge in [-0.25, -0.2) is 4.39 Å². The number of hydrogen-bond donors (Lipinski definition) is 0. The van der Waals surface area contributed by atoms with E-state index in [9.17, 15) is 4.39 Å². The van der Waals surface area contributed by atoms with Gasteiger partial charge >= 0.3 is 0 Å². The van der Waals surface area contributed by atoms with Crippen molar-refractivity contribution in [1.82, 2.24) is 0 Å². The maximum absolute atomic E-state index is 14.9. The summed E-state index contributed by atoms with van der Waals surface area (Å²) < 4.78 is 14.9. The molecular formula is C34H33F. The second-order valence-electron chi connectivity index (χ2n) is 9.13. The van der Waals surface area contributed by atoms with Crippen LogP contribution in [-0.2, 0) is 12.8 Å². The molecule has 4 rings (SSSR count). The molecule has 0 saturated heterocycles. The highest BCUT2D eigenvalue weighted by Crippen LogP contribution is 2.26. The fraction of sp³-hybridized carbons (Fsp3) is 0.176. The molecule has 35 heavy (non-hydrogen) atoms. The Balaban J connectivity index is 1.39. The van der Waals surface area contributed by atoms with E-state index in [2.05, 4.69) is 97.9 Å². The molecule has 0 N–H and O–H groups in total. The first-order valence-corrected chi connectivity index (χ1v) is 12.4. The average Bonchev–Trinajstić information content (AvgIpc) is 2.90. The van der Waals surface area contributed by atoms with Gasteiger partial charge < -0.3 is 0 Å². The number of aryl methyl sites for hydroxylation is 1. The molecule has 4 aromatic rings. The summed E-state index contributed by atoms with van der Waals surface area (Å²) >= 11 is 0. The zero-order valence-corrected chi connectivity index (χ0v) is 20.6. The monoisotopic (exact) mass is 460 g/mol. The highest BCUT2D eigenvalue weighted by Gasteiger charge is 2.08. The van der Waals surface area contributed by atoms with Crippen molar-refractivity contribution in [1.29, 1.82) is 0 Å². The van der Waals surface area contributed by atoms with Gasteiger partial charge in [-0.2, -0.15) is 0 Å². The molecule has 0 unspecified atom stereocenters. The summed E-state index contributed by atoms with van der Waals surface area (Å²) in [5.74, 6) is 0.253. The van der Waals surface area contributed by atoms with Crippen molar-refractivity contribution in [2.75, 3.05) is 0 Å². The summed E-state index contributed by atoms with van der Waals surface area (Å²) in [7, 11) is 0.